The minimum Gasteiger partial charge on any atom is -0.264 e. The van der Waals surface area contributed by atoms with Crippen LogP contribution < -0.4 is 0 Å². The van der Waals surface area contributed by atoms with Crippen molar-refractivity contribution >= 4 is 15.9 Å². The van der Waals surface area contributed by atoms with Crippen molar-refractivity contribution in [1.29, 1.82) is 5.26 Å². The second kappa shape index (κ2) is 3.97. The second-order valence-corrected chi connectivity index (χ2v) is 4.96. The van der Waals surface area contributed by atoms with Crippen LogP contribution in [0.4, 0.5) is 0 Å². The van der Waals surface area contributed by atoms with Crippen LogP contribution in [0.5, 0.6) is 0 Å². The van der Waals surface area contributed by atoms with E-state index in [1.54, 1.807) is 0 Å². The molecule has 1 aliphatic rings. The number of hydrogen-bond donors (Lipinski definition) is 0. The van der Waals surface area contributed by atoms with Gasteiger partial charge in [-0.2, -0.15) is 10.4 Å². The molecule has 3 nitrogen and oxygen atoms in total. The monoisotopic (exact) mass is 267 g/mol. The zero-order valence-electron chi connectivity index (χ0n) is 9.00. The maximum Gasteiger partial charge on any atom is 0.0738 e. The van der Waals surface area contributed by atoms with Gasteiger partial charge in [-0.25, -0.2) is 0 Å². The summed E-state index contributed by atoms with van der Waals surface area (Å²) in [6, 6.07) is 2.67. The maximum absolute atomic E-state index is 9.06. The molecule has 0 saturated heterocycles. The van der Waals surface area contributed by atoms with E-state index >= 15 is 0 Å². The number of aromatic nitrogens is 2. The average Bonchev–Trinajstić information content (AvgIpc) is 2.78. The standard InChI is InChI=1S/C11H14BrN3/c1-7-11(12)8(2)15(14-7)10-5-3-4-9(10)6-13/h9-10H,3-5H2,1-2H3. The van der Waals surface area contributed by atoms with Gasteiger partial charge in [-0.1, -0.05) is 0 Å². The molecule has 1 saturated carbocycles. The summed E-state index contributed by atoms with van der Waals surface area (Å²) in [7, 11) is 0. The molecular formula is C11H14BrN3. The molecule has 0 amide bonds. The van der Waals surface area contributed by atoms with Crippen LogP contribution in [-0.4, -0.2) is 9.78 Å². The van der Waals surface area contributed by atoms with Gasteiger partial charge in [0.1, 0.15) is 0 Å². The van der Waals surface area contributed by atoms with E-state index in [1.807, 2.05) is 11.6 Å². The van der Waals surface area contributed by atoms with Gasteiger partial charge in [0, 0.05) is 0 Å². The summed E-state index contributed by atoms with van der Waals surface area (Å²) in [4.78, 5) is 0. The summed E-state index contributed by atoms with van der Waals surface area (Å²) < 4.78 is 3.10. The summed E-state index contributed by atoms with van der Waals surface area (Å²) in [5, 5.41) is 13.6. The fourth-order valence-electron chi connectivity index (χ4n) is 2.35. The Balaban J connectivity index is 2.38. The lowest BCUT2D eigenvalue weighted by atomic mass is 10.1. The molecule has 2 atom stereocenters. The predicted octanol–water partition coefficient (Wildman–Crippen LogP) is 3.13. The van der Waals surface area contributed by atoms with E-state index in [-0.39, 0.29) is 12.0 Å². The van der Waals surface area contributed by atoms with E-state index in [1.165, 1.54) is 0 Å². The smallest absolute Gasteiger partial charge is 0.0738 e. The Hall–Kier alpha value is -0.820. The Kier molecular flexibility index (Phi) is 2.83. The molecular weight excluding hydrogens is 254 g/mol. The molecule has 1 heterocycles. The van der Waals surface area contributed by atoms with E-state index in [0.717, 1.165) is 35.1 Å². The first kappa shape index (κ1) is 10.7. The van der Waals surface area contributed by atoms with Crippen molar-refractivity contribution < 1.29 is 0 Å². The van der Waals surface area contributed by atoms with Gasteiger partial charge in [0.2, 0.25) is 0 Å². The van der Waals surface area contributed by atoms with Gasteiger partial charge < -0.3 is 0 Å². The molecule has 0 N–H and O–H groups in total. The third kappa shape index (κ3) is 1.69. The van der Waals surface area contributed by atoms with E-state index in [9.17, 15) is 0 Å². The number of hydrogen-bond acceptors (Lipinski definition) is 2. The van der Waals surface area contributed by atoms with Crippen molar-refractivity contribution in [3.8, 4) is 6.07 Å². The molecule has 80 valence electrons. The highest BCUT2D eigenvalue weighted by molar-refractivity contribution is 9.10. The van der Waals surface area contributed by atoms with Crippen molar-refractivity contribution in [2.75, 3.05) is 0 Å². The summed E-state index contributed by atoms with van der Waals surface area (Å²) in [6.07, 6.45) is 3.22. The summed E-state index contributed by atoms with van der Waals surface area (Å²) in [6.45, 7) is 4.04. The lowest BCUT2D eigenvalue weighted by Crippen LogP contribution is -2.15. The third-order valence-electron chi connectivity index (χ3n) is 3.20. The normalized spacial score (nSPS) is 25.5. The van der Waals surface area contributed by atoms with Crippen molar-refractivity contribution in [3.63, 3.8) is 0 Å². The molecule has 0 aliphatic heterocycles. The van der Waals surface area contributed by atoms with Crippen LogP contribution in [0.1, 0.15) is 36.7 Å². The highest BCUT2D eigenvalue weighted by atomic mass is 79.9. The average molecular weight is 268 g/mol. The van der Waals surface area contributed by atoms with Gasteiger partial charge in [0.05, 0.1) is 33.9 Å². The van der Waals surface area contributed by atoms with Crippen LogP contribution in [0.25, 0.3) is 0 Å². The van der Waals surface area contributed by atoms with Crippen LogP contribution in [0.15, 0.2) is 4.47 Å². The highest BCUT2D eigenvalue weighted by Crippen LogP contribution is 2.37. The van der Waals surface area contributed by atoms with Crippen molar-refractivity contribution in [3.05, 3.63) is 15.9 Å². The van der Waals surface area contributed by atoms with Crippen LogP contribution in [0.2, 0.25) is 0 Å². The van der Waals surface area contributed by atoms with Gasteiger partial charge in [-0.15, -0.1) is 0 Å². The van der Waals surface area contributed by atoms with Crippen LogP contribution in [-0.2, 0) is 0 Å². The molecule has 1 aromatic heterocycles. The number of aryl methyl sites for hydroxylation is 1. The van der Waals surface area contributed by atoms with Crippen molar-refractivity contribution in [2.45, 2.75) is 39.2 Å². The first-order chi connectivity index (χ1) is 7.15. The maximum atomic E-state index is 9.06. The highest BCUT2D eigenvalue weighted by Gasteiger charge is 2.30. The van der Waals surface area contributed by atoms with Crippen LogP contribution >= 0.6 is 15.9 Å². The molecule has 2 unspecified atom stereocenters. The first-order valence-corrected chi connectivity index (χ1v) is 6.05. The molecule has 0 bridgehead atoms. The number of halogens is 1. The molecule has 0 radical (unpaired) electrons. The molecule has 0 spiro atoms. The van der Waals surface area contributed by atoms with Gasteiger partial charge in [0.25, 0.3) is 0 Å². The fraction of sp³-hybridized carbons (Fsp3) is 0.636. The Morgan fingerprint density at radius 3 is 2.73 bits per heavy atom. The molecule has 0 aromatic carbocycles. The molecule has 1 aliphatic carbocycles. The Morgan fingerprint density at radius 2 is 2.20 bits per heavy atom. The van der Waals surface area contributed by atoms with Crippen molar-refractivity contribution in [2.24, 2.45) is 5.92 Å². The number of nitriles is 1. The Labute approximate surface area is 98.2 Å². The molecule has 4 heteroatoms. The summed E-state index contributed by atoms with van der Waals surface area (Å²) in [5.74, 6) is 0.134. The Bertz CT molecular complexity index is 416. The topological polar surface area (TPSA) is 41.6 Å². The summed E-state index contributed by atoms with van der Waals surface area (Å²) in [5.41, 5.74) is 2.15. The quantitative estimate of drug-likeness (QED) is 0.785. The fourth-order valence-corrected chi connectivity index (χ4v) is 2.61. The third-order valence-corrected chi connectivity index (χ3v) is 4.34. The minimum atomic E-state index is 0.134. The van der Waals surface area contributed by atoms with E-state index in [2.05, 4.69) is 34.0 Å². The Morgan fingerprint density at radius 1 is 1.47 bits per heavy atom. The van der Waals surface area contributed by atoms with E-state index < -0.39 is 0 Å². The lowest BCUT2D eigenvalue weighted by molar-refractivity contribution is 0.400. The van der Waals surface area contributed by atoms with Crippen LogP contribution in [0, 0.1) is 31.1 Å². The summed E-state index contributed by atoms with van der Waals surface area (Å²) >= 11 is 3.52. The minimum absolute atomic E-state index is 0.134. The molecule has 1 fully saturated rings. The second-order valence-electron chi connectivity index (χ2n) is 4.16. The molecule has 15 heavy (non-hydrogen) atoms. The van der Waals surface area contributed by atoms with E-state index in [0.29, 0.717) is 0 Å². The first-order valence-electron chi connectivity index (χ1n) is 5.26. The molecule has 1 aromatic rings. The zero-order valence-corrected chi connectivity index (χ0v) is 10.6. The predicted molar refractivity (Wildman–Crippen MR) is 61.4 cm³/mol. The zero-order chi connectivity index (χ0) is 11.0. The van der Waals surface area contributed by atoms with E-state index in [4.69, 9.17) is 5.26 Å². The largest absolute Gasteiger partial charge is 0.264 e. The number of nitrogens with zero attached hydrogens (tertiary/aromatic N) is 3. The number of rotatable bonds is 1. The molecule has 2 rings (SSSR count). The lowest BCUT2D eigenvalue weighted by Gasteiger charge is -2.15. The van der Waals surface area contributed by atoms with Gasteiger partial charge >= 0.3 is 0 Å². The van der Waals surface area contributed by atoms with Gasteiger partial charge in [-0.05, 0) is 49.0 Å². The van der Waals surface area contributed by atoms with Crippen LogP contribution in [0.3, 0.4) is 0 Å². The van der Waals surface area contributed by atoms with Gasteiger partial charge in [-0.3, -0.25) is 4.68 Å². The van der Waals surface area contributed by atoms with Crippen molar-refractivity contribution in [1.82, 2.24) is 9.78 Å². The SMILES string of the molecule is Cc1nn(C2CCCC2C#N)c(C)c1Br. The van der Waals surface area contributed by atoms with Gasteiger partial charge in [0.15, 0.2) is 0 Å².